The zero-order chi connectivity index (χ0) is 14.9. The molecule has 8 heteroatoms. The van der Waals surface area contributed by atoms with E-state index in [9.17, 15) is 9.18 Å². The molecule has 0 bridgehead atoms. The lowest BCUT2D eigenvalue weighted by Crippen LogP contribution is -2.17. The molecule has 5 nitrogen and oxygen atoms in total. The molecule has 0 aliphatic heterocycles. The van der Waals surface area contributed by atoms with E-state index in [1.165, 1.54) is 12.1 Å². The molecule has 2 aromatic rings. The summed E-state index contributed by atoms with van der Waals surface area (Å²) in [5.41, 5.74) is 5.96. The zero-order valence-electron chi connectivity index (χ0n) is 10.6. The lowest BCUT2D eigenvalue weighted by molar-refractivity contribution is 0.152. The monoisotopic (exact) mass is 319 g/mol. The maximum atomic E-state index is 13.4. The number of imidazole rings is 1. The van der Waals surface area contributed by atoms with Crippen LogP contribution in [-0.2, 0) is 11.3 Å². The smallest absolute Gasteiger partial charge is 0.404 e. The summed E-state index contributed by atoms with van der Waals surface area (Å²) in [7, 11) is 0. The van der Waals surface area contributed by atoms with Gasteiger partial charge in [-0.3, -0.25) is 0 Å². The van der Waals surface area contributed by atoms with Crippen LogP contribution in [0.5, 0.6) is 0 Å². The number of carbonyl (C=O) groups is 1. The van der Waals surface area contributed by atoms with Crippen molar-refractivity contribution in [2.45, 2.75) is 18.8 Å². The van der Waals surface area contributed by atoms with Crippen LogP contribution in [-0.4, -0.2) is 22.3 Å². The number of nitrogens with two attached hydrogens (primary N) is 1. The molecule has 0 radical (unpaired) electrons. The van der Waals surface area contributed by atoms with E-state index in [0.29, 0.717) is 23.4 Å². The van der Waals surface area contributed by atoms with Gasteiger partial charge in [0.1, 0.15) is 18.2 Å². The van der Waals surface area contributed by atoms with E-state index >= 15 is 0 Å². The van der Waals surface area contributed by atoms with Crippen LogP contribution in [0.3, 0.4) is 0 Å². The van der Waals surface area contributed by atoms with Crippen molar-refractivity contribution >= 4 is 40.3 Å². The number of hydrogen-bond acceptors (Lipinski definition) is 3. The molecular formula is C12H12Cl2FN3O2. The molecule has 108 valence electrons. The molecule has 0 saturated heterocycles. The standard InChI is InChI=1S/C12H12Cl2FN3O2/c1-6(13)11-17-9-5-8(15)7(14)4-10(9)18(11)2-3-20-12(16)19/h4-6H,2-3H2,1H3,(H2,16,19). The Morgan fingerprint density at radius 3 is 2.90 bits per heavy atom. The van der Waals surface area contributed by atoms with Crippen LogP contribution in [0.15, 0.2) is 12.1 Å². The van der Waals surface area contributed by atoms with Crippen molar-refractivity contribution in [1.29, 1.82) is 0 Å². The highest BCUT2D eigenvalue weighted by atomic mass is 35.5. The minimum absolute atomic E-state index is 0.0109. The van der Waals surface area contributed by atoms with Gasteiger partial charge < -0.3 is 15.0 Å². The molecule has 0 saturated carbocycles. The number of nitrogens with zero attached hydrogens (tertiary/aromatic N) is 2. The van der Waals surface area contributed by atoms with E-state index < -0.39 is 17.3 Å². The summed E-state index contributed by atoms with van der Waals surface area (Å²) in [6.45, 7) is 2.10. The molecule has 1 aromatic carbocycles. The van der Waals surface area contributed by atoms with E-state index in [0.717, 1.165) is 0 Å². The third kappa shape index (κ3) is 2.96. The molecule has 2 rings (SSSR count). The molecule has 1 aromatic heterocycles. The van der Waals surface area contributed by atoms with Gasteiger partial charge >= 0.3 is 6.09 Å². The number of rotatable bonds is 4. The summed E-state index contributed by atoms with van der Waals surface area (Å²) >= 11 is 11.8. The Kier molecular flexibility index (Phi) is 4.35. The third-order valence-corrected chi connectivity index (χ3v) is 3.22. The van der Waals surface area contributed by atoms with E-state index in [4.69, 9.17) is 33.7 Å². The first-order chi connectivity index (χ1) is 9.40. The first-order valence-electron chi connectivity index (χ1n) is 5.81. The Hall–Kier alpha value is -1.53. The van der Waals surface area contributed by atoms with E-state index in [1.807, 2.05) is 0 Å². The Morgan fingerprint density at radius 1 is 1.60 bits per heavy atom. The summed E-state index contributed by atoms with van der Waals surface area (Å²) in [5.74, 6) is -0.0117. The molecule has 1 heterocycles. The third-order valence-electron chi connectivity index (χ3n) is 2.73. The van der Waals surface area contributed by atoms with Crippen molar-refractivity contribution in [1.82, 2.24) is 9.55 Å². The van der Waals surface area contributed by atoms with Crippen molar-refractivity contribution in [2.24, 2.45) is 5.73 Å². The fourth-order valence-corrected chi connectivity index (χ4v) is 2.24. The predicted octanol–water partition coefficient (Wildman–Crippen LogP) is 3.22. The highest BCUT2D eigenvalue weighted by Gasteiger charge is 2.17. The molecule has 20 heavy (non-hydrogen) atoms. The van der Waals surface area contributed by atoms with Crippen LogP contribution >= 0.6 is 23.2 Å². The Balaban J connectivity index is 2.45. The molecule has 0 aliphatic carbocycles. The number of hydrogen-bond donors (Lipinski definition) is 1. The maximum Gasteiger partial charge on any atom is 0.404 e. The van der Waals surface area contributed by atoms with Gasteiger partial charge in [0.05, 0.1) is 28.0 Å². The largest absolute Gasteiger partial charge is 0.448 e. The summed E-state index contributed by atoms with van der Waals surface area (Å²) in [4.78, 5) is 14.9. The number of ether oxygens (including phenoxy) is 1. The van der Waals surface area contributed by atoms with Crippen molar-refractivity contribution < 1.29 is 13.9 Å². The van der Waals surface area contributed by atoms with Crippen molar-refractivity contribution in [3.05, 3.63) is 28.8 Å². The van der Waals surface area contributed by atoms with Gasteiger partial charge in [-0.2, -0.15) is 0 Å². The first kappa shape index (κ1) is 14.9. The van der Waals surface area contributed by atoms with Crippen LogP contribution < -0.4 is 5.73 Å². The van der Waals surface area contributed by atoms with Crippen molar-refractivity contribution in [3.63, 3.8) is 0 Å². The molecule has 0 fully saturated rings. The maximum absolute atomic E-state index is 13.4. The summed E-state index contributed by atoms with van der Waals surface area (Å²) in [6.07, 6.45) is -0.862. The Labute approximate surface area is 124 Å². The Bertz CT molecular complexity index is 658. The minimum atomic E-state index is -0.862. The molecule has 1 unspecified atom stereocenters. The topological polar surface area (TPSA) is 70.1 Å². The molecule has 0 aliphatic rings. The van der Waals surface area contributed by atoms with Crippen LogP contribution in [0.2, 0.25) is 5.02 Å². The van der Waals surface area contributed by atoms with Gasteiger partial charge in [-0.15, -0.1) is 11.6 Å². The molecule has 1 amide bonds. The number of benzene rings is 1. The number of primary amides is 1. The number of carbonyl (C=O) groups excluding carboxylic acids is 1. The van der Waals surface area contributed by atoms with Crippen molar-refractivity contribution in [2.75, 3.05) is 6.61 Å². The molecule has 1 atom stereocenters. The van der Waals surface area contributed by atoms with Gasteiger partial charge in [0.25, 0.3) is 0 Å². The number of alkyl halides is 1. The van der Waals surface area contributed by atoms with Crippen LogP contribution in [0.4, 0.5) is 9.18 Å². The highest BCUT2D eigenvalue weighted by Crippen LogP contribution is 2.28. The molecule has 2 N–H and O–H groups in total. The average Bonchev–Trinajstić information content (AvgIpc) is 2.68. The highest BCUT2D eigenvalue weighted by molar-refractivity contribution is 6.31. The SMILES string of the molecule is CC(Cl)c1nc2cc(F)c(Cl)cc2n1CCOC(N)=O. The summed E-state index contributed by atoms with van der Waals surface area (Å²) in [6, 6.07) is 2.71. The van der Waals surface area contributed by atoms with E-state index in [-0.39, 0.29) is 11.6 Å². The fourth-order valence-electron chi connectivity index (χ4n) is 1.91. The second-order valence-corrected chi connectivity index (χ2v) is 5.22. The fraction of sp³-hybridized carbons (Fsp3) is 0.333. The lowest BCUT2D eigenvalue weighted by atomic mass is 10.3. The average molecular weight is 320 g/mol. The molecular weight excluding hydrogens is 308 g/mol. The summed E-state index contributed by atoms with van der Waals surface area (Å²) < 4.78 is 19.9. The first-order valence-corrected chi connectivity index (χ1v) is 6.63. The zero-order valence-corrected chi connectivity index (χ0v) is 12.1. The van der Waals surface area contributed by atoms with Crippen LogP contribution in [0.1, 0.15) is 18.1 Å². The van der Waals surface area contributed by atoms with Gasteiger partial charge in [-0.25, -0.2) is 14.2 Å². The predicted molar refractivity (Wildman–Crippen MR) is 74.5 cm³/mol. The number of halogens is 3. The van der Waals surface area contributed by atoms with Crippen LogP contribution in [0.25, 0.3) is 11.0 Å². The van der Waals surface area contributed by atoms with Gasteiger partial charge in [0.2, 0.25) is 0 Å². The minimum Gasteiger partial charge on any atom is -0.448 e. The second-order valence-electron chi connectivity index (χ2n) is 4.16. The lowest BCUT2D eigenvalue weighted by Gasteiger charge is -2.10. The number of aromatic nitrogens is 2. The number of amides is 1. The second kappa shape index (κ2) is 5.85. The van der Waals surface area contributed by atoms with E-state index in [2.05, 4.69) is 4.98 Å². The van der Waals surface area contributed by atoms with Gasteiger partial charge in [-0.05, 0) is 13.0 Å². The summed E-state index contributed by atoms with van der Waals surface area (Å²) in [5, 5.41) is -0.402. The molecule has 0 spiro atoms. The number of fused-ring (bicyclic) bond motifs is 1. The van der Waals surface area contributed by atoms with Gasteiger partial charge in [0.15, 0.2) is 0 Å². The van der Waals surface area contributed by atoms with E-state index in [1.54, 1.807) is 11.5 Å². The van der Waals surface area contributed by atoms with Gasteiger partial charge in [-0.1, -0.05) is 11.6 Å². The quantitative estimate of drug-likeness (QED) is 0.879. The van der Waals surface area contributed by atoms with Crippen molar-refractivity contribution in [3.8, 4) is 0 Å². The normalized spacial score (nSPS) is 12.6. The van der Waals surface area contributed by atoms with Gasteiger partial charge in [0, 0.05) is 6.07 Å². The van der Waals surface area contributed by atoms with Crippen LogP contribution in [0, 0.1) is 5.82 Å². The Morgan fingerprint density at radius 2 is 2.30 bits per heavy atom.